The maximum Gasteiger partial charge on any atom is 0.321 e. The number of amides is 4. The Hall–Kier alpha value is -1.63. The zero-order valence-electron chi connectivity index (χ0n) is 13.1. The van der Waals surface area contributed by atoms with Gasteiger partial charge in [0, 0.05) is 52.6 Å². The number of carbonyl (C=O) groups excluding carboxylic acids is 3. The van der Waals surface area contributed by atoms with Crippen LogP contribution in [0.25, 0.3) is 0 Å². The van der Waals surface area contributed by atoms with Crippen molar-refractivity contribution in [2.24, 2.45) is 5.92 Å². The Kier molecular flexibility index (Phi) is 7.14. The van der Waals surface area contributed by atoms with Crippen LogP contribution in [0.3, 0.4) is 0 Å². The van der Waals surface area contributed by atoms with Crippen molar-refractivity contribution in [1.29, 1.82) is 0 Å². The van der Waals surface area contributed by atoms with Gasteiger partial charge in [0.25, 0.3) is 0 Å². The van der Waals surface area contributed by atoms with Gasteiger partial charge in [0.05, 0.1) is 0 Å². The summed E-state index contributed by atoms with van der Waals surface area (Å²) in [5.41, 5.74) is 0. The molecular formula is C14H26N4O3. The number of hydrogen-bond donors (Lipinski definition) is 2. The highest BCUT2D eigenvalue weighted by Crippen LogP contribution is 2.08. The van der Waals surface area contributed by atoms with E-state index in [2.05, 4.69) is 15.5 Å². The Balaban J connectivity index is 2.23. The highest BCUT2D eigenvalue weighted by Gasteiger charge is 2.21. The van der Waals surface area contributed by atoms with Crippen molar-refractivity contribution in [3.8, 4) is 0 Å². The van der Waals surface area contributed by atoms with E-state index >= 15 is 0 Å². The molecule has 0 aromatic heterocycles. The molecule has 0 unspecified atom stereocenters. The summed E-state index contributed by atoms with van der Waals surface area (Å²) in [6, 6.07) is -0.482. The van der Waals surface area contributed by atoms with Crippen LogP contribution in [0.2, 0.25) is 0 Å². The lowest BCUT2D eigenvalue weighted by atomic mass is 10.1. The Morgan fingerprint density at radius 3 is 2.24 bits per heavy atom. The summed E-state index contributed by atoms with van der Waals surface area (Å²) in [5, 5.41) is 4.58. The van der Waals surface area contributed by atoms with Crippen molar-refractivity contribution in [2.45, 2.75) is 26.7 Å². The summed E-state index contributed by atoms with van der Waals surface area (Å²) in [7, 11) is 1.47. The third-order valence-electron chi connectivity index (χ3n) is 3.44. The monoisotopic (exact) mass is 298 g/mol. The summed E-state index contributed by atoms with van der Waals surface area (Å²) in [6.45, 7) is 7.66. The third kappa shape index (κ3) is 6.57. The minimum Gasteiger partial charge on any atom is -0.341 e. The largest absolute Gasteiger partial charge is 0.341 e. The van der Waals surface area contributed by atoms with Crippen LogP contribution in [-0.2, 0) is 9.59 Å². The van der Waals surface area contributed by atoms with E-state index in [9.17, 15) is 14.4 Å². The van der Waals surface area contributed by atoms with Gasteiger partial charge in [-0.3, -0.25) is 19.8 Å². The van der Waals surface area contributed by atoms with Crippen LogP contribution in [-0.4, -0.2) is 67.4 Å². The van der Waals surface area contributed by atoms with Gasteiger partial charge < -0.3 is 10.2 Å². The van der Waals surface area contributed by atoms with Gasteiger partial charge in [0.2, 0.25) is 11.8 Å². The minimum atomic E-state index is -0.482. The average Bonchev–Trinajstić information content (AvgIpc) is 2.44. The molecule has 120 valence electrons. The van der Waals surface area contributed by atoms with Gasteiger partial charge in [-0.05, 0) is 5.92 Å². The molecule has 0 saturated carbocycles. The van der Waals surface area contributed by atoms with Crippen molar-refractivity contribution >= 4 is 17.8 Å². The second kappa shape index (κ2) is 8.61. The zero-order valence-corrected chi connectivity index (χ0v) is 13.1. The number of hydrogen-bond acceptors (Lipinski definition) is 4. The second-order valence-electron chi connectivity index (χ2n) is 5.70. The van der Waals surface area contributed by atoms with E-state index < -0.39 is 6.03 Å². The molecule has 0 spiro atoms. The summed E-state index contributed by atoms with van der Waals surface area (Å²) in [5.74, 6) is 0.304. The smallest absolute Gasteiger partial charge is 0.321 e. The van der Waals surface area contributed by atoms with Crippen LogP contribution >= 0.6 is 0 Å². The van der Waals surface area contributed by atoms with E-state index in [-0.39, 0.29) is 18.2 Å². The molecule has 2 N–H and O–H groups in total. The Morgan fingerprint density at radius 2 is 1.71 bits per heavy atom. The molecule has 7 nitrogen and oxygen atoms in total. The van der Waals surface area contributed by atoms with Gasteiger partial charge in [0.15, 0.2) is 0 Å². The summed E-state index contributed by atoms with van der Waals surface area (Å²) < 4.78 is 0. The summed E-state index contributed by atoms with van der Waals surface area (Å²) in [4.78, 5) is 38.4. The molecule has 0 bridgehead atoms. The fraction of sp³-hybridized carbons (Fsp3) is 0.786. The normalized spacial score (nSPS) is 15.9. The van der Waals surface area contributed by atoms with Crippen LogP contribution in [0.4, 0.5) is 4.79 Å². The van der Waals surface area contributed by atoms with Crippen molar-refractivity contribution in [2.75, 3.05) is 39.8 Å². The summed E-state index contributed by atoms with van der Waals surface area (Å²) in [6.07, 6.45) is 0.877. The first-order valence-electron chi connectivity index (χ1n) is 7.44. The molecule has 0 aromatic carbocycles. The fourth-order valence-electron chi connectivity index (χ4n) is 2.21. The van der Waals surface area contributed by atoms with Crippen LogP contribution < -0.4 is 10.6 Å². The summed E-state index contributed by atoms with van der Waals surface area (Å²) >= 11 is 0. The number of nitrogens with one attached hydrogen (secondary N) is 2. The molecule has 1 heterocycles. The molecule has 0 radical (unpaired) electrons. The Bertz CT molecular complexity index is 376. The maximum absolute atomic E-state index is 11.9. The predicted molar refractivity (Wildman–Crippen MR) is 79.7 cm³/mol. The van der Waals surface area contributed by atoms with Gasteiger partial charge >= 0.3 is 6.03 Å². The number of rotatable bonds is 5. The molecule has 1 fully saturated rings. The molecule has 4 amide bonds. The fourth-order valence-corrected chi connectivity index (χ4v) is 2.21. The highest BCUT2D eigenvalue weighted by atomic mass is 16.2. The Morgan fingerprint density at radius 1 is 1.10 bits per heavy atom. The molecule has 1 aliphatic rings. The standard InChI is InChI=1S/C14H26N4O3/c1-11(2)10-13(20)18-8-6-17(7-9-18)5-4-12(19)16-14(21)15-3/h11H,4-10H2,1-3H3,(H2,15,16,19,21). The van der Waals surface area contributed by atoms with Crippen LogP contribution in [0.1, 0.15) is 26.7 Å². The second-order valence-corrected chi connectivity index (χ2v) is 5.70. The lowest BCUT2D eigenvalue weighted by molar-refractivity contribution is -0.134. The highest BCUT2D eigenvalue weighted by molar-refractivity contribution is 5.94. The lowest BCUT2D eigenvalue weighted by Gasteiger charge is -2.35. The van der Waals surface area contributed by atoms with Crippen molar-refractivity contribution < 1.29 is 14.4 Å². The minimum absolute atomic E-state index is 0.210. The van der Waals surface area contributed by atoms with Gasteiger partial charge in [-0.15, -0.1) is 0 Å². The number of urea groups is 1. The van der Waals surface area contributed by atoms with Crippen LogP contribution in [0.5, 0.6) is 0 Å². The van der Waals surface area contributed by atoms with E-state index in [0.29, 0.717) is 32.0 Å². The van der Waals surface area contributed by atoms with Gasteiger partial charge in [0.1, 0.15) is 0 Å². The molecule has 1 aliphatic heterocycles. The quantitative estimate of drug-likeness (QED) is 0.750. The van der Waals surface area contributed by atoms with E-state index in [1.54, 1.807) is 0 Å². The molecule has 0 atom stereocenters. The lowest BCUT2D eigenvalue weighted by Crippen LogP contribution is -2.49. The van der Waals surface area contributed by atoms with Crippen LogP contribution in [0.15, 0.2) is 0 Å². The first-order chi connectivity index (χ1) is 9.92. The number of carbonyl (C=O) groups is 3. The van der Waals surface area contributed by atoms with Gasteiger partial charge in [-0.25, -0.2) is 4.79 Å². The molecule has 1 saturated heterocycles. The number of piperazine rings is 1. The van der Waals surface area contributed by atoms with E-state index in [4.69, 9.17) is 0 Å². The SMILES string of the molecule is CNC(=O)NC(=O)CCN1CCN(C(=O)CC(C)C)CC1. The topological polar surface area (TPSA) is 81.8 Å². The van der Waals surface area contributed by atoms with E-state index in [1.165, 1.54) is 7.05 Å². The van der Waals surface area contributed by atoms with Gasteiger partial charge in [-0.1, -0.05) is 13.8 Å². The van der Waals surface area contributed by atoms with Crippen molar-refractivity contribution in [3.63, 3.8) is 0 Å². The number of imide groups is 1. The maximum atomic E-state index is 11.9. The molecule has 0 aliphatic carbocycles. The molecular weight excluding hydrogens is 272 g/mol. The third-order valence-corrected chi connectivity index (χ3v) is 3.44. The first kappa shape index (κ1) is 17.4. The van der Waals surface area contributed by atoms with E-state index in [0.717, 1.165) is 13.1 Å². The average molecular weight is 298 g/mol. The van der Waals surface area contributed by atoms with E-state index in [1.807, 2.05) is 18.7 Å². The predicted octanol–water partition coefficient (Wildman–Crippen LogP) is 0.0224. The number of nitrogens with zero attached hydrogens (tertiary/aromatic N) is 2. The zero-order chi connectivity index (χ0) is 15.8. The van der Waals surface area contributed by atoms with Crippen molar-refractivity contribution in [3.05, 3.63) is 0 Å². The first-order valence-corrected chi connectivity index (χ1v) is 7.44. The molecule has 21 heavy (non-hydrogen) atoms. The molecule has 1 rings (SSSR count). The molecule has 0 aromatic rings. The van der Waals surface area contributed by atoms with Crippen molar-refractivity contribution in [1.82, 2.24) is 20.4 Å². The Labute approximate surface area is 126 Å². The van der Waals surface area contributed by atoms with Crippen LogP contribution in [0, 0.1) is 5.92 Å². The molecule has 7 heteroatoms. The van der Waals surface area contributed by atoms with Gasteiger partial charge in [-0.2, -0.15) is 0 Å².